The molecule has 0 aliphatic carbocycles. The standard InChI is InChI=1S/C15H20ClN3O3.2ClH/c16-11-6-10(7-18-13(11)21)14(22)19-5-1-3-15(9-19)8-17-4-2-12(15)20;;/h6-7,12,17,20H,1-5,8-9H2,(H,18,21);2*1H/t12-,15-;;/m0../s1. The van der Waals surface area contributed by atoms with E-state index in [0.29, 0.717) is 25.1 Å². The van der Waals surface area contributed by atoms with Gasteiger partial charge in [-0.05, 0) is 31.9 Å². The van der Waals surface area contributed by atoms with Crippen LogP contribution in [0.15, 0.2) is 17.1 Å². The molecule has 3 rings (SSSR count). The highest BCUT2D eigenvalue weighted by Crippen LogP contribution is 2.36. The minimum absolute atomic E-state index is 0. The largest absolute Gasteiger partial charge is 0.392 e. The van der Waals surface area contributed by atoms with Crippen molar-refractivity contribution in [3.05, 3.63) is 33.2 Å². The molecule has 2 atom stereocenters. The third-order valence-corrected chi connectivity index (χ3v) is 5.06. The maximum atomic E-state index is 12.6. The van der Waals surface area contributed by atoms with Crippen LogP contribution in [-0.2, 0) is 0 Å². The van der Waals surface area contributed by atoms with Gasteiger partial charge in [0.2, 0.25) is 0 Å². The molecule has 1 aromatic heterocycles. The van der Waals surface area contributed by atoms with Crippen LogP contribution in [0.5, 0.6) is 0 Å². The second-order valence-corrected chi connectivity index (χ2v) is 6.65. The summed E-state index contributed by atoms with van der Waals surface area (Å²) in [6.07, 6.45) is 3.50. The Balaban J connectivity index is 0.00000144. The Morgan fingerprint density at radius 3 is 2.83 bits per heavy atom. The lowest BCUT2D eigenvalue weighted by molar-refractivity contribution is -0.0433. The Labute approximate surface area is 157 Å². The number of rotatable bonds is 1. The number of carbonyl (C=O) groups is 1. The van der Waals surface area contributed by atoms with E-state index in [1.165, 1.54) is 12.3 Å². The Bertz CT molecular complexity index is 636. The van der Waals surface area contributed by atoms with Crippen LogP contribution < -0.4 is 10.9 Å². The third kappa shape index (κ3) is 4.06. The third-order valence-electron chi connectivity index (χ3n) is 4.78. The number of amides is 1. The number of likely N-dealkylation sites (tertiary alicyclic amines) is 1. The molecule has 2 aliphatic rings. The summed E-state index contributed by atoms with van der Waals surface area (Å²) in [5.41, 5.74) is -0.293. The van der Waals surface area contributed by atoms with Crippen molar-refractivity contribution in [1.82, 2.24) is 15.2 Å². The summed E-state index contributed by atoms with van der Waals surface area (Å²) in [6.45, 7) is 2.72. The number of hydrogen-bond donors (Lipinski definition) is 3. The number of aromatic nitrogens is 1. The van der Waals surface area contributed by atoms with E-state index < -0.39 is 5.56 Å². The van der Waals surface area contributed by atoms with Gasteiger partial charge in [-0.3, -0.25) is 9.59 Å². The number of halogens is 3. The normalized spacial score (nSPS) is 26.4. The molecular formula is C15H22Cl3N3O3. The van der Waals surface area contributed by atoms with E-state index in [4.69, 9.17) is 11.6 Å². The van der Waals surface area contributed by atoms with Crippen molar-refractivity contribution in [2.24, 2.45) is 5.41 Å². The van der Waals surface area contributed by atoms with Gasteiger partial charge in [0.1, 0.15) is 5.02 Å². The number of carbonyl (C=O) groups excluding carboxylic acids is 1. The van der Waals surface area contributed by atoms with Gasteiger partial charge in [-0.1, -0.05) is 11.6 Å². The van der Waals surface area contributed by atoms with E-state index in [2.05, 4.69) is 10.3 Å². The predicted molar refractivity (Wildman–Crippen MR) is 97.6 cm³/mol. The molecule has 3 N–H and O–H groups in total. The van der Waals surface area contributed by atoms with Gasteiger partial charge in [-0.25, -0.2) is 0 Å². The summed E-state index contributed by atoms with van der Waals surface area (Å²) in [5, 5.41) is 13.7. The van der Waals surface area contributed by atoms with E-state index in [1.54, 1.807) is 4.90 Å². The monoisotopic (exact) mass is 397 g/mol. The zero-order valence-electron chi connectivity index (χ0n) is 13.1. The number of pyridine rings is 1. The number of aromatic amines is 1. The molecule has 1 spiro atoms. The smallest absolute Gasteiger partial charge is 0.266 e. The number of nitrogens with zero attached hydrogens (tertiary/aromatic N) is 1. The van der Waals surface area contributed by atoms with Crippen LogP contribution in [-0.4, -0.2) is 53.2 Å². The Kier molecular flexibility index (Phi) is 7.56. The first-order chi connectivity index (χ1) is 10.5. The molecule has 3 heterocycles. The molecule has 0 aromatic carbocycles. The highest BCUT2D eigenvalue weighted by atomic mass is 35.5. The van der Waals surface area contributed by atoms with Crippen molar-refractivity contribution in [1.29, 1.82) is 0 Å². The summed E-state index contributed by atoms with van der Waals surface area (Å²) in [7, 11) is 0. The minimum Gasteiger partial charge on any atom is -0.392 e. The highest BCUT2D eigenvalue weighted by Gasteiger charge is 2.44. The fourth-order valence-electron chi connectivity index (χ4n) is 3.51. The fourth-order valence-corrected chi connectivity index (χ4v) is 3.68. The van der Waals surface area contributed by atoms with Crippen molar-refractivity contribution in [3.63, 3.8) is 0 Å². The highest BCUT2D eigenvalue weighted by molar-refractivity contribution is 6.30. The zero-order chi connectivity index (χ0) is 15.7. The molecule has 0 unspecified atom stereocenters. The Hall–Kier alpha value is -0.790. The summed E-state index contributed by atoms with van der Waals surface area (Å²) in [5.74, 6) is -0.157. The average Bonchev–Trinajstić information content (AvgIpc) is 2.53. The summed E-state index contributed by atoms with van der Waals surface area (Å²) >= 11 is 5.80. The first-order valence-corrected chi connectivity index (χ1v) is 7.96. The molecule has 1 amide bonds. The van der Waals surface area contributed by atoms with Gasteiger partial charge < -0.3 is 20.3 Å². The van der Waals surface area contributed by atoms with Crippen LogP contribution in [0.25, 0.3) is 0 Å². The number of aliphatic hydroxyl groups excluding tert-OH is 1. The lowest BCUT2D eigenvalue weighted by Crippen LogP contribution is -2.58. The minimum atomic E-state index is -0.403. The van der Waals surface area contributed by atoms with Gasteiger partial charge in [0.25, 0.3) is 11.5 Å². The van der Waals surface area contributed by atoms with Gasteiger partial charge >= 0.3 is 0 Å². The van der Waals surface area contributed by atoms with Crippen molar-refractivity contribution < 1.29 is 9.90 Å². The van der Waals surface area contributed by atoms with E-state index >= 15 is 0 Å². The van der Waals surface area contributed by atoms with Crippen molar-refractivity contribution in [2.45, 2.75) is 25.4 Å². The molecule has 9 heteroatoms. The van der Waals surface area contributed by atoms with E-state index in [-0.39, 0.29) is 47.3 Å². The van der Waals surface area contributed by atoms with Crippen LogP contribution >= 0.6 is 36.4 Å². The van der Waals surface area contributed by atoms with Crippen LogP contribution in [0, 0.1) is 5.41 Å². The zero-order valence-corrected chi connectivity index (χ0v) is 15.5. The molecule has 24 heavy (non-hydrogen) atoms. The van der Waals surface area contributed by atoms with Crippen LogP contribution in [0.3, 0.4) is 0 Å². The molecular weight excluding hydrogens is 377 g/mol. The van der Waals surface area contributed by atoms with Crippen molar-refractivity contribution in [2.75, 3.05) is 26.2 Å². The summed E-state index contributed by atoms with van der Waals surface area (Å²) in [4.78, 5) is 28.2. The van der Waals surface area contributed by atoms with Crippen molar-refractivity contribution >= 4 is 42.3 Å². The Morgan fingerprint density at radius 1 is 1.42 bits per heavy atom. The quantitative estimate of drug-likeness (QED) is 0.668. The van der Waals surface area contributed by atoms with E-state index in [1.807, 2.05) is 0 Å². The average molecular weight is 399 g/mol. The summed E-state index contributed by atoms with van der Waals surface area (Å²) in [6, 6.07) is 1.40. The molecule has 0 radical (unpaired) electrons. The molecule has 0 bridgehead atoms. The lowest BCUT2D eigenvalue weighted by Gasteiger charge is -2.48. The topological polar surface area (TPSA) is 85.4 Å². The second-order valence-electron chi connectivity index (χ2n) is 6.24. The number of aliphatic hydroxyl groups is 1. The number of piperidine rings is 2. The van der Waals surface area contributed by atoms with Crippen molar-refractivity contribution in [3.8, 4) is 0 Å². The number of hydrogen-bond acceptors (Lipinski definition) is 4. The Morgan fingerprint density at radius 2 is 2.17 bits per heavy atom. The maximum absolute atomic E-state index is 12.6. The fraction of sp³-hybridized carbons (Fsp3) is 0.600. The van der Waals surface area contributed by atoms with Gasteiger partial charge in [0, 0.05) is 31.2 Å². The first-order valence-electron chi connectivity index (χ1n) is 7.58. The summed E-state index contributed by atoms with van der Waals surface area (Å²) < 4.78 is 0. The predicted octanol–water partition coefficient (Wildman–Crippen LogP) is 1.45. The van der Waals surface area contributed by atoms with Crippen LogP contribution in [0.1, 0.15) is 29.6 Å². The molecule has 0 saturated carbocycles. The maximum Gasteiger partial charge on any atom is 0.266 e. The van der Waals surface area contributed by atoms with Crippen LogP contribution in [0.4, 0.5) is 0 Å². The van der Waals surface area contributed by atoms with Crippen LogP contribution in [0.2, 0.25) is 5.02 Å². The van der Waals surface area contributed by atoms with Gasteiger partial charge in [-0.15, -0.1) is 24.8 Å². The van der Waals surface area contributed by atoms with E-state index in [0.717, 1.165) is 25.9 Å². The van der Waals surface area contributed by atoms with Gasteiger partial charge in [0.15, 0.2) is 0 Å². The SMILES string of the molecule is Cl.Cl.O=C(c1c[nH]c(=O)c(Cl)c1)N1CCC[C@]2(CNCC[C@@H]2O)C1. The molecule has 136 valence electrons. The lowest BCUT2D eigenvalue weighted by atomic mass is 9.72. The molecule has 2 saturated heterocycles. The number of H-pyrrole nitrogens is 1. The molecule has 1 aromatic rings. The van der Waals surface area contributed by atoms with E-state index in [9.17, 15) is 14.7 Å². The second kappa shape index (κ2) is 8.54. The first kappa shape index (κ1) is 21.3. The number of nitrogens with one attached hydrogen (secondary N) is 2. The van der Waals surface area contributed by atoms with Gasteiger partial charge in [-0.2, -0.15) is 0 Å². The molecule has 2 fully saturated rings. The molecule has 2 aliphatic heterocycles. The molecule has 6 nitrogen and oxygen atoms in total. The van der Waals surface area contributed by atoms with Gasteiger partial charge in [0.05, 0.1) is 11.7 Å².